The number of nitrogens with one attached hydrogen (secondary N) is 1. The summed E-state index contributed by atoms with van der Waals surface area (Å²) in [6, 6.07) is 17.7. The highest BCUT2D eigenvalue weighted by Gasteiger charge is 2.12. The number of esters is 1. The van der Waals surface area contributed by atoms with E-state index >= 15 is 0 Å². The minimum Gasteiger partial charge on any atom is -0.455 e. The van der Waals surface area contributed by atoms with Gasteiger partial charge in [-0.1, -0.05) is 30.3 Å². The molecule has 144 valence electrons. The molecule has 0 atom stereocenters. The van der Waals surface area contributed by atoms with E-state index in [1.165, 1.54) is 11.8 Å². The number of hydrogen-bond acceptors (Lipinski definition) is 4. The van der Waals surface area contributed by atoms with Crippen LogP contribution in [0.4, 0.5) is 5.69 Å². The molecule has 0 radical (unpaired) electrons. The van der Waals surface area contributed by atoms with Gasteiger partial charge in [0.25, 0.3) is 5.91 Å². The van der Waals surface area contributed by atoms with Gasteiger partial charge in [0.05, 0.1) is 5.75 Å². The lowest BCUT2D eigenvalue weighted by atomic mass is 10.1. The summed E-state index contributed by atoms with van der Waals surface area (Å²) in [6.45, 7) is 1.62. The molecule has 4 nitrogen and oxygen atoms in total. The molecule has 0 aromatic heterocycles. The van der Waals surface area contributed by atoms with Gasteiger partial charge < -0.3 is 10.1 Å². The summed E-state index contributed by atoms with van der Waals surface area (Å²) >= 11 is 7.20. The van der Waals surface area contributed by atoms with E-state index in [0.717, 1.165) is 35.0 Å². The third-order valence-corrected chi connectivity index (χ3v) is 6.82. The summed E-state index contributed by atoms with van der Waals surface area (Å²) in [7, 11) is 0. The maximum Gasteiger partial charge on any atom is 0.316 e. The number of ether oxygens (including phenoxy) is 1. The summed E-state index contributed by atoms with van der Waals surface area (Å²) in [4.78, 5) is 25.0. The number of fused-ring (bicyclic) bond motifs is 1. The molecule has 0 bridgehead atoms. The molecule has 7 heteroatoms. The van der Waals surface area contributed by atoms with Crippen LogP contribution in [0.1, 0.15) is 5.56 Å². The molecule has 0 fully saturated rings. The average Bonchev–Trinajstić information content (AvgIpc) is 2.68. The number of thioether (sulfide) groups is 1. The lowest BCUT2D eigenvalue weighted by Gasteiger charge is -2.10. The van der Waals surface area contributed by atoms with Crippen LogP contribution in [0, 0.1) is 10.5 Å². The summed E-state index contributed by atoms with van der Waals surface area (Å²) in [5, 5.41) is 4.98. The Morgan fingerprint density at radius 1 is 1.14 bits per heavy atom. The van der Waals surface area contributed by atoms with Crippen LogP contribution in [0.25, 0.3) is 10.8 Å². The van der Waals surface area contributed by atoms with Crippen molar-refractivity contribution in [2.24, 2.45) is 0 Å². The van der Waals surface area contributed by atoms with Gasteiger partial charge in [-0.05, 0) is 86.0 Å². The molecule has 1 amide bonds. The van der Waals surface area contributed by atoms with Crippen LogP contribution in [0.15, 0.2) is 64.0 Å². The lowest BCUT2D eigenvalue weighted by molar-refractivity contribution is -0.144. The van der Waals surface area contributed by atoms with Gasteiger partial charge in [0.1, 0.15) is 0 Å². The van der Waals surface area contributed by atoms with Crippen LogP contribution >= 0.6 is 50.3 Å². The number of amides is 1. The minimum atomic E-state index is -0.431. The number of hydrogen-bond donors (Lipinski definition) is 1. The number of benzene rings is 3. The molecule has 3 rings (SSSR count). The second-order valence-electron chi connectivity index (χ2n) is 6.06. The van der Waals surface area contributed by atoms with Crippen LogP contribution in [-0.2, 0) is 14.3 Å². The molecule has 1 N–H and O–H groups in total. The standard InChI is InChI=1S/C21H17BrINO3S/c1-13-10-15(23)7-8-17(13)24-19(25)11-27-20(26)12-28-18-9-6-14-4-2-3-5-16(14)21(18)22/h2-10H,11-12H2,1H3,(H,24,25). The number of carbonyl (C=O) groups excluding carboxylic acids is 2. The van der Waals surface area contributed by atoms with Gasteiger partial charge in [-0.3, -0.25) is 9.59 Å². The fourth-order valence-corrected chi connectivity index (χ4v) is 4.84. The highest BCUT2D eigenvalue weighted by Crippen LogP contribution is 2.34. The second kappa shape index (κ2) is 9.76. The molecular formula is C21H17BrINO3S. The Morgan fingerprint density at radius 3 is 2.71 bits per heavy atom. The van der Waals surface area contributed by atoms with E-state index in [1.807, 2.05) is 61.5 Å². The van der Waals surface area contributed by atoms with E-state index in [-0.39, 0.29) is 18.3 Å². The largest absolute Gasteiger partial charge is 0.455 e. The molecule has 0 aliphatic carbocycles. The van der Waals surface area contributed by atoms with Crippen LogP contribution in [0.3, 0.4) is 0 Å². The first-order valence-corrected chi connectivity index (χ1v) is 11.3. The topological polar surface area (TPSA) is 55.4 Å². The first-order chi connectivity index (χ1) is 13.4. The number of aryl methyl sites for hydroxylation is 1. The van der Waals surface area contributed by atoms with Gasteiger partial charge in [0.15, 0.2) is 6.61 Å². The third-order valence-electron chi connectivity index (χ3n) is 4.00. The molecule has 0 saturated heterocycles. The van der Waals surface area contributed by atoms with Crippen molar-refractivity contribution in [3.05, 3.63) is 68.2 Å². The molecule has 0 heterocycles. The monoisotopic (exact) mass is 569 g/mol. The van der Waals surface area contributed by atoms with E-state index in [4.69, 9.17) is 4.74 Å². The lowest BCUT2D eigenvalue weighted by Crippen LogP contribution is -2.22. The predicted molar refractivity (Wildman–Crippen MR) is 126 cm³/mol. The van der Waals surface area contributed by atoms with Gasteiger partial charge in [-0.15, -0.1) is 11.8 Å². The molecule has 0 spiro atoms. The van der Waals surface area contributed by atoms with Gasteiger partial charge in [0, 0.05) is 18.6 Å². The summed E-state index contributed by atoms with van der Waals surface area (Å²) in [5.74, 6) is -0.652. The summed E-state index contributed by atoms with van der Waals surface area (Å²) < 4.78 is 7.15. The zero-order chi connectivity index (χ0) is 20.1. The summed E-state index contributed by atoms with van der Waals surface area (Å²) in [6.07, 6.45) is 0. The molecule has 0 aliphatic heterocycles. The number of rotatable bonds is 6. The van der Waals surface area contributed by atoms with Crippen molar-refractivity contribution < 1.29 is 14.3 Å². The zero-order valence-electron chi connectivity index (χ0n) is 15.0. The number of anilines is 1. The SMILES string of the molecule is Cc1cc(I)ccc1NC(=O)COC(=O)CSc1ccc2ccccc2c1Br. The van der Waals surface area contributed by atoms with Crippen molar-refractivity contribution in [2.45, 2.75) is 11.8 Å². The molecule has 3 aromatic carbocycles. The van der Waals surface area contributed by atoms with Gasteiger partial charge >= 0.3 is 5.97 Å². The van der Waals surface area contributed by atoms with Crippen molar-refractivity contribution in [3.63, 3.8) is 0 Å². The van der Waals surface area contributed by atoms with Crippen LogP contribution in [0.2, 0.25) is 0 Å². The fraction of sp³-hybridized carbons (Fsp3) is 0.143. The van der Waals surface area contributed by atoms with Gasteiger partial charge in [-0.25, -0.2) is 0 Å². The maximum atomic E-state index is 12.0. The summed E-state index contributed by atoms with van der Waals surface area (Å²) in [5.41, 5.74) is 1.68. The molecule has 0 aliphatic rings. The van der Waals surface area contributed by atoms with Crippen molar-refractivity contribution in [1.82, 2.24) is 0 Å². The van der Waals surface area contributed by atoms with Crippen molar-refractivity contribution in [3.8, 4) is 0 Å². The quantitative estimate of drug-likeness (QED) is 0.232. The Labute approximate surface area is 189 Å². The van der Waals surface area contributed by atoms with Crippen molar-refractivity contribution in [1.29, 1.82) is 0 Å². The third kappa shape index (κ3) is 5.48. The van der Waals surface area contributed by atoms with Crippen LogP contribution in [-0.4, -0.2) is 24.2 Å². The van der Waals surface area contributed by atoms with Crippen LogP contribution < -0.4 is 5.32 Å². The van der Waals surface area contributed by atoms with E-state index in [0.29, 0.717) is 0 Å². The first-order valence-electron chi connectivity index (χ1n) is 8.45. The zero-order valence-corrected chi connectivity index (χ0v) is 19.6. The van der Waals surface area contributed by atoms with Gasteiger partial charge in [0.2, 0.25) is 0 Å². The smallest absolute Gasteiger partial charge is 0.316 e. The Balaban J connectivity index is 1.50. The maximum absolute atomic E-state index is 12.0. The van der Waals surface area contributed by atoms with E-state index in [1.54, 1.807) is 0 Å². The number of halogens is 2. The highest BCUT2D eigenvalue weighted by atomic mass is 127. The highest BCUT2D eigenvalue weighted by molar-refractivity contribution is 14.1. The molecule has 0 unspecified atom stereocenters. The van der Waals surface area contributed by atoms with E-state index in [9.17, 15) is 9.59 Å². The second-order valence-corrected chi connectivity index (χ2v) is 9.11. The van der Waals surface area contributed by atoms with Crippen molar-refractivity contribution in [2.75, 3.05) is 17.7 Å². The Hall–Kier alpha value is -1.58. The number of carbonyl (C=O) groups is 2. The van der Waals surface area contributed by atoms with E-state index < -0.39 is 5.97 Å². The molecule has 0 saturated carbocycles. The average molecular weight is 570 g/mol. The van der Waals surface area contributed by atoms with Crippen LogP contribution in [0.5, 0.6) is 0 Å². The molecule has 3 aromatic rings. The van der Waals surface area contributed by atoms with Crippen molar-refractivity contribution >= 4 is 78.6 Å². The predicted octanol–water partition coefficient (Wildman–Crippen LogP) is 5.79. The molecule has 28 heavy (non-hydrogen) atoms. The normalized spacial score (nSPS) is 10.7. The fourth-order valence-electron chi connectivity index (χ4n) is 2.60. The molecular weight excluding hydrogens is 553 g/mol. The first kappa shape index (κ1) is 21.1. The van der Waals surface area contributed by atoms with Gasteiger partial charge in [-0.2, -0.15) is 0 Å². The Kier molecular flexibility index (Phi) is 7.36. The Bertz CT molecular complexity index is 1040. The minimum absolute atomic E-state index is 0.132. The Morgan fingerprint density at radius 2 is 1.93 bits per heavy atom. The van der Waals surface area contributed by atoms with E-state index in [2.05, 4.69) is 43.8 Å².